The summed E-state index contributed by atoms with van der Waals surface area (Å²) in [6, 6.07) is 8.42. The number of pyridine rings is 1. The van der Waals surface area contributed by atoms with Gasteiger partial charge in [-0.3, -0.25) is 14.7 Å². The molecule has 3 rings (SSSR count). The van der Waals surface area contributed by atoms with E-state index in [-0.39, 0.29) is 17.9 Å². The third-order valence-electron chi connectivity index (χ3n) is 3.43. The van der Waals surface area contributed by atoms with Crippen LogP contribution >= 0.6 is 0 Å². The highest BCUT2D eigenvalue weighted by Gasteiger charge is 2.19. The minimum absolute atomic E-state index is 0.0777. The van der Waals surface area contributed by atoms with E-state index >= 15 is 0 Å². The van der Waals surface area contributed by atoms with E-state index in [1.165, 1.54) is 25.6 Å². The number of rotatable bonds is 7. The van der Waals surface area contributed by atoms with Crippen LogP contribution in [-0.2, 0) is 26.0 Å². The lowest BCUT2D eigenvalue weighted by Crippen LogP contribution is -2.25. The van der Waals surface area contributed by atoms with Crippen LogP contribution in [0.4, 0.5) is 4.79 Å². The van der Waals surface area contributed by atoms with E-state index in [4.69, 9.17) is 9.57 Å². The summed E-state index contributed by atoms with van der Waals surface area (Å²) in [6.45, 7) is -0.120. The first kappa shape index (κ1) is 18.7. The highest BCUT2D eigenvalue weighted by atomic mass is 32.2. The Labute approximate surface area is 153 Å². The fourth-order valence-corrected chi connectivity index (χ4v) is 3.29. The van der Waals surface area contributed by atoms with Crippen molar-refractivity contribution < 1.29 is 27.6 Å². The van der Waals surface area contributed by atoms with E-state index in [9.17, 15) is 13.2 Å². The largest absolute Gasteiger partial charge is 0.535 e. The van der Waals surface area contributed by atoms with Gasteiger partial charge in [-0.2, -0.15) is 0 Å². The predicted octanol–water partition coefficient (Wildman–Crippen LogP) is 0.474. The summed E-state index contributed by atoms with van der Waals surface area (Å²) < 4.78 is 29.1. The molecule has 0 aliphatic carbocycles. The number of hydrogen-bond acceptors (Lipinski definition) is 9. The fourth-order valence-electron chi connectivity index (χ4n) is 2.27. The molecule has 0 atom stereocenters. The number of fused-ring (bicyclic) bond motifs is 1. The second kappa shape index (κ2) is 8.07. The normalized spacial score (nSPS) is 11.4. The van der Waals surface area contributed by atoms with Crippen molar-refractivity contribution in [3.05, 3.63) is 48.3 Å². The van der Waals surface area contributed by atoms with Crippen LogP contribution in [0.1, 0.15) is 5.56 Å². The Bertz CT molecular complexity index is 1050. The van der Waals surface area contributed by atoms with Crippen molar-refractivity contribution >= 4 is 27.2 Å². The van der Waals surface area contributed by atoms with E-state index < -0.39 is 16.2 Å². The average Bonchev–Trinajstić information content (AvgIpc) is 3.05. The molecule has 0 aliphatic heterocycles. The molecule has 0 spiro atoms. The van der Waals surface area contributed by atoms with E-state index in [2.05, 4.69) is 20.1 Å². The van der Waals surface area contributed by atoms with Crippen molar-refractivity contribution in [3.8, 4) is 0 Å². The van der Waals surface area contributed by atoms with Gasteiger partial charge in [-0.1, -0.05) is 21.9 Å². The zero-order chi connectivity index (χ0) is 19.3. The Kier molecular flexibility index (Phi) is 5.59. The highest BCUT2D eigenvalue weighted by Crippen LogP contribution is 2.14. The van der Waals surface area contributed by atoms with E-state index in [1.54, 1.807) is 24.3 Å². The molecule has 0 aliphatic rings. The van der Waals surface area contributed by atoms with Gasteiger partial charge >= 0.3 is 6.16 Å². The van der Waals surface area contributed by atoms with Gasteiger partial charge < -0.3 is 4.74 Å². The number of hydrogen-bond donors (Lipinski definition) is 1. The van der Waals surface area contributed by atoms with Crippen LogP contribution in [0.3, 0.4) is 0 Å². The molecule has 11 nitrogen and oxygen atoms in total. The standard InChI is InChI=1S/C15H15N5O6S/c1-24-19-27(22,23)14-10-16-8-6-11(14)7-9-25-15(21)26-20-13-5-3-2-4-12(13)17-18-20/h2-6,8,10,19H,7,9H2,1H3. The Morgan fingerprint density at radius 2 is 2.07 bits per heavy atom. The van der Waals surface area contributed by atoms with Crippen molar-refractivity contribution in [1.82, 2.24) is 25.0 Å². The molecular formula is C15H15N5O6S. The van der Waals surface area contributed by atoms with E-state index in [0.717, 1.165) is 4.85 Å². The Morgan fingerprint density at radius 1 is 1.26 bits per heavy atom. The predicted molar refractivity (Wildman–Crippen MR) is 90.7 cm³/mol. The summed E-state index contributed by atoms with van der Waals surface area (Å²) in [6.07, 6.45) is 1.73. The van der Waals surface area contributed by atoms with Gasteiger partial charge in [0.25, 0.3) is 10.0 Å². The summed E-state index contributed by atoms with van der Waals surface area (Å²) in [4.78, 5) is 27.8. The van der Waals surface area contributed by atoms with Gasteiger partial charge in [0.05, 0.1) is 13.7 Å². The van der Waals surface area contributed by atoms with Crippen LogP contribution in [0.15, 0.2) is 47.6 Å². The first-order valence-electron chi connectivity index (χ1n) is 7.64. The van der Waals surface area contributed by atoms with E-state index in [0.29, 0.717) is 16.6 Å². The lowest BCUT2D eigenvalue weighted by molar-refractivity contribution is 0.0401. The summed E-state index contributed by atoms with van der Waals surface area (Å²) in [5.41, 5.74) is 1.46. The molecular weight excluding hydrogens is 378 g/mol. The molecule has 0 fully saturated rings. The topological polar surface area (TPSA) is 135 Å². The summed E-state index contributed by atoms with van der Waals surface area (Å²) in [5, 5.41) is 7.55. The molecule has 2 heterocycles. The molecule has 3 aromatic rings. The SMILES string of the molecule is CONS(=O)(=O)c1cnccc1CCOC(=O)On1nnc2ccccc21. The number of carbonyl (C=O) groups is 1. The number of aromatic nitrogens is 4. The molecule has 0 saturated carbocycles. The number of benzene rings is 1. The first-order chi connectivity index (χ1) is 13.0. The fraction of sp³-hybridized carbons (Fsp3) is 0.200. The maximum Gasteiger partial charge on any atom is 0.535 e. The molecule has 2 aromatic heterocycles. The van der Waals surface area contributed by atoms with Crippen LogP contribution < -0.4 is 9.72 Å². The lowest BCUT2D eigenvalue weighted by atomic mass is 10.2. The number of nitrogens with zero attached hydrogens (tertiary/aromatic N) is 4. The minimum Gasteiger partial charge on any atom is -0.432 e. The second-order valence-corrected chi connectivity index (χ2v) is 6.78. The van der Waals surface area contributed by atoms with Gasteiger partial charge in [0.1, 0.15) is 15.9 Å². The average molecular weight is 393 g/mol. The molecule has 142 valence electrons. The summed E-state index contributed by atoms with van der Waals surface area (Å²) in [5.74, 6) is 0. The molecule has 0 amide bonds. The van der Waals surface area contributed by atoms with Gasteiger partial charge in [0, 0.05) is 18.8 Å². The van der Waals surface area contributed by atoms with Crippen LogP contribution in [0, 0.1) is 0 Å². The van der Waals surface area contributed by atoms with Gasteiger partial charge in [0.15, 0.2) is 0 Å². The Balaban J connectivity index is 1.61. The molecule has 12 heteroatoms. The molecule has 0 radical (unpaired) electrons. The van der Waals surface area contributed by atoms with E-state index in [1.807, 2.05) is 4.89 Å². The lowest BCUT2D eigenvalue weighted by Gasteiger charge is -2.10. The monoisotopic (exact) mass is 393 g/mol. The third kappa shape index (κ3) is 4.36. The molecule has 27 heavy (non-hydrogen) atoms. The number of para-hydroxylation sites is 1. The van der Waals surface area contributed by atoms with Crippen LogP contribution in [-0.4, -0.2) is 48.4 Å². The maximum absolute atomic E-state index is 12.1. The zero-order valence-electron chi connectivity index (χ0n) is 14.1. The zero-order valence-corrected chi connectivity index (χ0v) is 14.9. The van der Waals surface area contributed by atoms with Crippen molar-refractivity contribution in [1.29, 1.82) is 0 Å². The van der Waals surface area contributed by atoms with Crippen LogP contribution in [0.2, 0.25) is 0 Å². The minimum atomic E-state index is -3.89. The van der Waals surface area contributed by atoms with Crippen LogP contribution in [0.25, 0.3) is 11.0 Å². The molecule has 0 bridgehead atoms. The van der Waals surface area contributed by atoms with Crippen molar-refractivity contribution in [2.75, 3.05) is 13.7 Å². The molecule has 0 saturated heterocycles. The van der Waals surface area contributed by atoms with Gasteiger partial charge in [-0.25, -0.2) is 13.2 Å². The molecule has 1 aromatic carbocycles. The van der Waals surface area contributed by atoms with Gasteiger partial charge in [-0.15, -0.1) is 5.10 Å². The molecule has 0 unspecified atom stereocenters. The second-order valence-electron chi connectivity index (χ2n) is 5.17. The summed E-state index contributed by atoms with van der Waals surface area (Å²) in [7, 11) is -2.70. The quantitative estimate of drug-likeness (QED) is 0.345. The van der Waals surface area contributed by atoms with Crippen molar-refractivity contribution in [2.45, 2.75) is 11.3 Å². The third-order valence-corrected chi connectivity index (χ3v) is 4.76. The van der Waals surface area contributed by atoms with Crippen molar-refractivity contribution in [2.24, 2.45) is 0 Å². The number of ether oxygens (including phenoxy) is 1. The van der Waals surface area contributed by atoms with Gasteiger partial charge in [-0.05, 0) is 29.0 Å². The number of carbonyl (C=O) groups excluding carboxylic acids is 1. The van der Waals surface area contributed by atoms with Crippen LogP contribution in [0.5, 0.6) is 0 Å². The maximum atomic E-state index is 12.1. The van der Waals surface area contributed by atoms with Crippen molar-refractivity contribution in [3.63, 3.8) is 0 Å². The van der Waals surface area contributed by atoms with Gasteiger partial charge in [0.2, 0.25) is 0 Å². The Hall–Kier alpha value is -3.09. The number of sulfonamides is 1. The summed E-state index contributed by atoms with van der Waals surface area (Å²) >= 11 is 0. The number of nitrogens with one attached hydrogen (secondary N) is 1. The Morgan fingerprint density at radius 3 is 2.89 bits per heavy atom. The smallest absolute Gasteiger partial charge is 0.432 e. The first-order valence-corrected chi connectivity index (χ1v) is 9.13. The highest BCUT2D eigenvalue weighted by molar-refractivity contribution is 7.89. The molecule has 1 N–H and O–H groups in total.